The van der Waals surface area contributed by atoms with E-state index >= 15 is 0 Å². The number of carboxylic acid groups (broad SMARTS) is 1. The molecule has 6 heteroatoms. The largest absolute Gasteiger partial charge is 0.480 e. The van der Waals surface area contributed by atoms with Crippen molar-refractivity contribution in [3.05, 3.63) is 0 Å². The Labute approximate surface area is 81.0 Å². The average molecular weight is 213 g/mol. The highest BCUT2D eigenvalue weighted by Gasteiger charge is 2.40. The molecule has 0 radical (unpaired) electrons. The van der Waals surface area contributed by atoms with Crippen LogP contribution in [-0.4, -0.2) is 35.2 Å². The minimum absolute atomic E-state index is 0.0803. The van der Waals surface area contributed by atoms with Gasteiger partial charge in [-0.3, -0.25) is 4.79 Å². The summed E-state index contributed by atoms with van der Waals surface area (Å²) < 4.78 is 12.2. The molecule has 5 N–H and O–H groups in total. The van der Waals surface area contributed by atoms with Crippen LogP contribution < -0.4 is 11.5 Å². The molecule has 0 aliphatic heterocycles. The zero-order valence-corrected chi connectivity index (χ0v) is 7.93. The maximum atomic E-state index is 12.2. The van der Waals surface area contributed by atoms with E-state index in [9.17, 15) is 9.18 Å². The highest BCUT2D eigenvalue weighted by Crippen LogP contribution is 2.20. The van der Waals surface area contributed by atoms with Gasteiger partial charge >= 0.3 is 5.97 Å². The quantitative estimate of drug-likeness (QED) is 0.544. The van der Waals surface area contributed by atoms with E-state index < -0.39 is 23.6 Å². The van der Waals surface area contributed by atoms with E-state index in [0.29, 0.717) is 13.0 Å². The molecule has 0 fully saturated rings. The number of rotatable bonds is 6. The maximum Gasteiger partial charge on any atom is 0.325 e. The van der Waals surface area contributed by atoms with Crippen molar-refractivity contribution >= 4 is 17.6 Å². The van der Waals surface area contributed by atoms with Gasteiger partial charge in [0.05, 0.1) is 5.38 Å². The fraction of sp³-hybridized carbons (Fsp3) is 0.857. The molecule has 0 aliphatic carbocycles. The summed E-state index contributed by atoms with van der Waals surface area (Å²) >= 11 is 5.48. The first-order chi connectivity index (χ1) is 5.99. The second-order valence-corrected chi connectivity index (χ2v) is 3.39. The summed E-state index contributed by atoms with van der Waals surface area (Å²) in [6.07, 6.45) is 0.489. The van der Waals surface area contributed by atoms with Crippen molar-refractivity contribution in [1.82, 2.24) is 0 Å². The number of alkyl halides is 2. The molecule has 78 valence electrons. The Balaban J connectivity index is 4.42. The lowest BCUT2D eigenvalue weighted by atomic mass is 9.91. The molecule has 13 heavy (non-hydrogen) atoms. The summed E-state index contributed by atoms with van der Waals surface area (Å²) in [4.78, 5) is 10.7. The van der Waals surface area contributed by atoms with Crippen LogP contribution in [0.5, 0.6) is 0 Å². The smallest absolute Gasteiger partial charge is 0.325 e. The Kier molecular flexibility index (Phi) is 5.20. The molecule has 0 aromatic heterocycles. The van der Waals surface area contributed by atoms with Gasteiger partial charge in [0.15, 0.2) is 0 Å². The Morgan fingerprint density at radius 2 is 2.23 bits per heavy atom. The molecular formula is C7H14ClFN2O2. The summed E-state index contributed by atoms with van der Waals surface area (Å²) in [7, 11) is 0. The van der Waals surface area contributed by atoms with Gasteiger partial charge in [-0.1, -0.05) is 0 Å². The molecule has 0 aromatic rings. The molecule has 2 atom stereocenters. The first kappa shape index (κ1) is 12.6. The van der Waals surface area contributed by atoms with Crippen molar-refractivity contribution in [3.63, 3.8) is 0 Å². The fourth-order valence-corrected chi connectivity index (χ4v) is 1.13. The van der Waals surface area contributed by atoms with E-state index in [2.05, 4.69) is 0 Å². The number of carboxylic acids is 1. The van der Waals surface area contributed by atoms with Crippen LogP contribution in [0.1, 0.15) is 12.8 Å². The molecule has 0 heterocycles. The van der Waals surface area contributed by atoms with Crippen LogP contribution in [0.4, 0.5) is 4.39 Å². The van der Waals surface area contributed by atoms with Crippen molar-refractivity contribution in [2.75, 3.05) is 13.2 Å². The van der Waals surface area contributed by atoms with Crippen LogP contribution in [0.2, 0.25) is 0 Å². The Morgan fingerprint density at radius 1 is 1.69 bits per heavy atom. The molecular weight excluding hydrogens is 199 g/mol. The predicted molar refractivity (Wildman–Crippen MR) is 48.5 cm³/mol. The molecule has 0 aliphatic rings. The number of hydrogen-bond donors (Lipinski definition) is 3. The average Bonchev–Trinajstić information content (AvgIpc) is 2.12. The van der Waals surface area contributed by atoms with Gasteiger partial charge in [-0.25, -0.2) is 4.39 Å². The van der Waals surface area contributed by atoms with Gasteiger partial charge in [0.2, 0.25) is 0 Å². The second-order valence-electron chi connectivity index (χ2n) is 2.86. The molecule has 0 aromatic carbocycles. The van der Waals surface area contributed by atoms with Crippen molar-refractivity contribution in [2.45, 2.75) is 23.8 Å². The highest BCUT2D eigenvalue weighted by atomic mass is 35.5. The van der Waals surface area contributed by atoms with Gasteiger partial charge in [0.1, 0.15) is 12.2 Å². The summed E-state index contributed by atoms with van der Waals surface area (Å²) in [6.45, 7) is -0.656. The monoisotopic (exact) mass is 212 g/mol. The van der Waals surface area contributed by atoms with E-state index in [1.807, 2.05) is 0 Å². The van der Waals surface area contributed by atoms with Crippen LogP contribution in [0.15, 0.2) is 0 Å². The summed E-state index contributed by atoms with van der Waals surface area (Å²) in [5, 5.41) is 7.53. The maximum absolute atomic E-state index is 12.2. The van der Waals surface area contributed by atoms with Crippen molar-refractivity contribution in [2.24, 2.45) is 11.5 Å². The van der Waals surface area contributed by atoms with Gasteiger partial charge in [0.25, 0.3) is 0 Å². The molecule has 4 nitrogen and oxygen atoms in total. The third-order valence-corrected chi connectivity index (χ3v) is 2.39. The van der Waals surface area contributed by atoms with Crippen LogP contribution in [0.25, 0.3) is 0 Å². The van der Waals surface area contributed by atoms with E-state index in [4.69, 9.17) is 28.2 Å². The summed E-state index contributed by atoms with van der Waals surface area (Å²) in [5.74, 6) is -1.29. The zero-order chi connectivity index (χ0) is 10.5. The zero-order valence-electron chi connectivity index (χ0n) is 7.17. The number of aliphatic carboxylic acids is 1. The van der Waals surface area contributed by atoms with Crippen LogP contribution in [0, 0.1) is 0 Å². The van der Waals surface area contributed by atoms with Crippen LogP contribution in [0.3, 0.4) is 0 Å². The topological polar surface area (TPSA) is 89.3 Å². The second kappa shape index (κ2) is 5.36. The Hall–Kier alpha value is -0.390. The molecule has 2 unspecified atom stereocenters. The van der Waals surface area contributed by atoms with Gasteiger partial charge in [-0.15, -0.1) is 11.6 Å². The van der Waals surface area contributed by atoms with Crippen molar-refractivity contribution in [3.8, 4) is 0 Å². The van der Waals surface area contributed by atoms with E-state index in [-0.39, 0.29) is 6.42 Å². The van der Waals surface area contributed by atoms with Crippen molar-refractivity contribution < 1.29 is 14.3 Å². The predicted octanol–water partition coefficient (Wildman–Crippen LogP) is 0.0843. The van der Waals surface area contributed by atoms with Gasteiger partial charge in [-0.2, -0.15) is 0 Å². The summed E-state index contributed by atoms with van der Waals surface area (Å²) in [5.41, 5.74) is 8.93. The minimum Gasteiger partial charge on any atom is -0.480 e. The molecule has 0 rings (SSSR count). The van der Waals surface area contributed by atoms with Gasteiger partial charge in [-0.05, 0) is 19.4 Å². The fourth-order valence-electron chi connectivity index (χ4n) is 0.930. The number of nitrogens with two attached hydrogens (primary N) is 2. The van der Waals surface area contributed by atoms with E-state index in [1.165, 1.54) is 0 Å². The number of halogens is 2. The number of carbonyl (C=O) groups is 1. The first-order valence-electron chi connectivity index (χ1n) is 3.91. The van der Waals surface area contributed by atoms with Crippen molar-refractivity contribution in [1.29, 1.82) is 0 Å². The Morgan fingerprint density at radius 3 is 2.54 bits per heavy atom. The van der Waals surface area contributed by atoms with Crippen LogP contribution in [-0.2, 0) is 4.79 Å². The molecule has 0 amide bonds. The highest BCUT2D eigenvalue weighted by molar-refractivity contribution is 6.23. The van der Waals surface area contributed by atoms with E-state index in [0.717, 1.165) is 0 Å². The van der Waals surface area contributed by atoms with Crippen LogP contribution >= 0.6 is 11.6 Å². The lowest BCUT2D eigenvalue weighted by Gasteiger charge is -2.27. The molecule has 0 bridgehead atoms. The SMILES string of the molecule is NCCCC(N)(C(=O)O)C(Cl)CF. The standard InChI is InChI=1S/C7H14ClFN2O2/c8-5(4-9)7(11,6(12)13)2-1-3-10/h5H,1-4,10-11H2,(H,12,13). The number of hydrogen-bond acceptors (Lipinski definition) is 3. The molecule has 0 saturated heterocycles. The first-order valence-corrected chi connectivity index (χ1v) is 4.35. The lowest BCUT2D eigenvalue weighted by molar-refractivity contribution is -0.143. The van der Waals surface area contributed by atoms with Gasteiger partial charge < -0.3 is 16.6 Å². The van der Waals surface area contributed by atoms with E-state index in [1.54, 1.807) is 0 Å². The molecule has 0 spiro atoms. The minimum atomic E-state index is -1.71. The van der Waals surface area contributed by atoms with Gasteiger partial charge in [0, 0.05) is 0 Å². The third-order valence-electron chi connectivity index (χ3n) is 1.89. The lowest BCUT2D eigenvalue weighted by Crippen LogP contribution is -2.56. The normalized spacial score (nSPS) is 17.8. The summed E-state index contributed by atoms with van der Waals surface area (Å²) in [6, 6.07) is 0. The Bertz CT molecular complexity index is 182. The molecule has 0 saturated carbocycles. The third kappa shape index (κ3) is 3.10.